The number of carbonyl (C=O) groups is 1. The second kappa shape index (κ2) is 10.1. The van der Waals surface area contributed by atoms with Crippen molar-refractivity contribution in [2.24, 2.45) is 0 Å². The van der Waals surface area contributed by atoms with Gasteiger partial charge in [0.2, 0.25) is 5.91 Å². The molecule has 134 valence electrons. The second-order valence-electron chi connectivity index (χ2n) is 5.87. The zero-order valence-electron chi connectivity index (χ0n) is 14.5. The molecule has 0 fully saturated rings. The number of methoxy groups -OCH3 is 1. The quantitative estimate of drug-likeness (QED) is 0.741. The Bertz CT molecular complexity index is 673. The molecule has 0 radical (unpaired) electrons. The number of benzene rings is 2. The van der Waals surface area contributed by atoms with E-state index in [1.165, 1.54) is 5.56 Å². The molecule has 0 aliphatic heterocycles. The van der Waals surface area contributed by atoms with Crippen LogP contribution in [0.25, 0.3) is 0 Å². The highest BCUT2D eigenvalue weighted by atomic mass is 35.5. The number of rotatable bonds is 9. The van der Waals surface area contributed by atoms with E-state index < -0.39 is 0 Å². The van der Waals surface area contributed by atoms with Gasteiger partial charge in [0.05, 0.1) is 13.7 Å². The Labute approximate surface area is 154 Å². The van der Waals surface area contributed by atoms with Crippen molar-refractivity contribution >= 4 is 17.5 Å². The minimum atomic E-state index is -0.0508. The number of aryl methyl sites for hydroxylation is 1. The van der Waals surface area contributed by atoms with Gasteiger partial charge in [-0.25, -0.2) is 0 Å². The molecule has 1 N–H and O–H groups in total. The smallest absolute Gasteiger partial charge is 0.222 e. The maximum atomic E-state index is 12.5. The minimum Gasteiger partial charge on any atom is -0.497 e. The number of hydrogen-bond acceptors (Lipinski definition) is 3. The fraction of sp³-hybridized carbons (Fsp3) is 0.350. The van der Waals surface area contributed by atoms with E-state index in [4.69, 9.17) is 16.3 Å². The summed E-state index contributed by atoms with van der Waals surface area (Å²) in [6, 6.07) is 15.3. The monoisotopic (exact) mass is 361 g/mol. The number of ether oxygens (including phenoxy) is 1. The van der Waals surface area contributed by atoms with E-state index in [0.717, 1.165) is 24.2 Å². The van der Waals surface area contributed by atoms with Gasteiger partial charge in [0.1, 0.15) is 5.75 Å². The van der Waals surface area contributed by atoms with Crippen molar-refractivity contribution < 1.29 is 14.6 Å². The topological polar surface area (TPSA) is 49.8 Å². The van der Waals surface area contributed by atoms with Gasteiger partial charge in [0.25, 0.3) is 0 Å². The van der Waals surface area contributed by atoms with E-state index in [1.807, 2.05) is 42.5 Å². The van der Waals surface area contributed by atoms with Gasteiger partial charge >= 0.3 is 0 Å². The Balaban J connectivity index is 1.86. The first kappa shape index (κ1) is 19.3. The molecule has 0 aliphatic rings. The van der Waals surface area contributed by atoms with E-state index in [0.29, 0.717) is 24.5 Å². The molecule has 0 aliphatic carbocycles. The predicted octanol–water partition coefficient (Wildman–Crippen LogP) is 3.69. The normalized spacial score (nSPS) is 10.5. The molecule has 0 heterocycles. The Hall–Kier alpha value is -2.04. The molecule has 0 spiro atoms. The van der Waals surface area contributed by atoms with Gasteiger partial charge in [-0.1, -0.05) is 35.9 Å². The van der Waals surface area contributed by atoms with Crippen LogP contribution >= 0.6 is 11.6 Å². The van der Waals surface area contributed by atoms with Crippen LogP contribution < -0.4 is 4.74 Å². The lowest BCUT2D eigenvalue weighted by Gasteiger charge is -2.22. The average molecular weight is 362 g/mol. The summed E-state index contributed by atoms with van der Waals surface area (Å²) in [6.07, 6.45) is 2.05. The predicted molar refractivity (Wildman–Crippen MR) is 99.9 cm³/mol. The number of carbonyl (C=O) groups excluding carboxylic acids is 1. The number of amides is 1. The van der Waals surface area contributed by atoms with Crippen LogP contribution in [-0.4, -0.2) is 36.2 Å². The van der Waals surface area contributed by atoms with Crippen molar-refractivity contribution in [3.05, 3.63) is 64.7 Å². The van der Waals surface area contributed by atoms with Gasteiger partial charge in [-0.05, 0) is 48.2 Å². The number of nitrogens with zero attached hydrogens (tertiary/aromatic N) is 1. The molecule has 1 amide bonds. The van der Waals surface area contributed by atoms with Crippen LogP contribution in [0.4, 0.5) is 0 Å². The molecule has 2 aromatic carbocycles. The Morgan fingerprint density at radius 3 is 2.56 bits per heavy atom. The zero-order valence-corrected chi connectivity index (χ0v) is 15.2. The van der Waals surface area contributed by atoms with Gasteiger partial charge in [0, 0.05) is 24.5 Å². The highest BCUT2D eigenvalue weighted by Crippen LogP contribution is 2.15. The molecule has 0 unspecified atom stereocenters. The first-order chi connectivity index (χ1) is 12.1. The number of halogens is 1. The van der Waals surface area contributed by atoms with E-state index in [1.54, 1.807) is 18.1 Å². The Morgan fingerprint density at radius 1 is 1.16 bits per heavy atom. The average Bonchev–Trinajstić information content (AvgIpc) is 2.62. The van der Waals surface area contributed by atoms with Crippen molar-refractivity contribution in [1.29, 1.82) is 0 Å². The standard InChI is InChI=1S/C20H24ClNO3/c1-25-19-10-8-16(9-11-19)4-3-7-20(24)22(12-13-23)15-17-5-2-6-18(21)14-17/h2,5-6,8-11,14,23H,3-4,7,12-13,15H2,1H3. The Kier molecular flexibility index (Phi) is 7.76. The summed E-state index contributed by atoms with van der Waals surface area (Å²) in [5.41, 5.74) is 2.14. The van der Waals surface area contributed by atoms with E-state index in [9.17, 15) is 9.90 Å². The molecule has 0 atom stereocenters. The molecule has 0 saturated heterocycles. The van der Waals surface area contributed by atoms with Crippen LogP contribution in [0.3, 0.4) is 0 Å². The summed E-state index contributed by atoms with van der Waals surface area (Å²) in [5, 5.41) is 9.89. The molecule has 0 aromatic heterocycles. The van der Waals surface area contributed by atoms with Crippen molar-refractivity contribution in [2.75, 3.05) is 20.3 Å². The third kappa shape index (κ3) is 6.40. The fourth-order valence-corrected chi connectivity index (χ4v) is 2.88. The van der Waals surface area contributed by atoms with Crippen LogP contribution in [0.5, 0.6) is 5.75 Å². The maximum Gasteiger partial charge on any atom is 0.222 e. The summed E-state index contributed by atoms with van der Waals surface area (Å²) in [6.45, 7) is 0.737. The van der Waals surface area contributed by atoms with Crippen molar-refractivity contribution in [3.63, 3.8) is 0 Å². The molecule has 25 heavy (non-hydrogen) atoms. The summed E-state index contributed by atoms with van der Waals surface area (Å²) in [4.78, 5) is 14.2. The number of aliphatic hydroxyl groups is 1. The highest BCUT2D eigenvalue weighted by molar-refractivity contribution is 6.30. The highest BCUT2D eigenvalue weighted by Gasteiger charge is 2.13. The third-order valence-corrected chi connectivity index (χ3v) is 4.24. The van der Waals surface area contributed by atoms with Crippen LogP contribution in [0.15, 0.2) is 48.5 Å². The lowest BCUT2D eigenvalue weighted by molar-refractivity contribution is -0.132. The molecule has 5 heteroatoms. The molecular formula is C20H24ClNO3. The lowest BCUT2D eigenvalue weighted by Crippen LogP contribution is -2.33. The maximum absolute atomic E-state index is 12.5. The summed E-state index contributed by atoms with van der Waals surface area (Å²) < 4.78 is 5.14. The molecule has 2 aromatic rings. The van der Waals surface area contributed by atoms with Crippen molar-refractivity contribution in [1.82, 2.24) is 4.90 Å². The molecule has 4 nitrogen and oxygen atoms in total. The first-order valence-corrected chi connectivity index (χ1v) is 8.76. The minimum absolute atomic E-state index is 0.0440. The van der Waals surface area contributed by atoms with Crippen LogP contribution in [0.1, 0.15) is 24.0 Å². The van der Waals surface area contributed by atoms with Crippen molar-refractivity contribution in [3.8, 4) is 5.75 Å². The summed E-state index contributed by atoms with van der Waals surface area (Å²) >= 11 is 6.00. The molecule has 0 bridgehead atoms. The van der Waals surface area contributed by atoms with Gasteiger partial charge in [0.15, 0.2) is 0 Å². The molecule has 0 saturated carbocycles. The van der Waals surface area contributed by atoms with E-state index >= 15 is 0 Å². The SMILES string of the molecule is COc1ccc(CCCC(=O)N(CCO)Cc2cccc(Cl)c2)cc1. The van der Waals surface area contributed by atoms with Crippen molar-refractivity contribution in [2.45, 2.75) is 25.8 Å². The second-order valence-corrected chi connectivity index (χ2v) is 6.31. The van der Waals surface area contributed by atoms with Crippen LogP contribution in [0, 0.1) is 0 Å². The third-order valence-electron chi connectivity index (χ3n) is 4.00. The lowest BCUT2D eigenvalue weighted by atomic mass is 10.1. The van der Waals surface area contributed by atoms with Gasteiger partial charge in [-0.15, -0.1) is 0 Å². The van der Waals surface area contributed by atoms with E-state index in [-0.39, 0.29) is 12.5 Å². The van der Waals surface area contributed by atoms with Crippen LogP contribution in [-0.2, 0) is 17.8 Å². The largest absolute Gasteiger partial charge is 0.497 e. The molecule has 2 rings (SSSR count). The van der Waals surface area contributed by atoms with Gasteiger partial charge in [-0.3, -0.25) is 4.79 Å². The van der Waals surface area contributed by atoms with E-state index in [2.05, 4.69) is 0 Å². The number of aliphatic hydroxyl groups excluding tert-OH is 1. The Morgan fingerprint density at radius 2 is 1.92 bits per heavy atom. The summed E-state index contributed by atoms with van der Waals surface area (Å²) in [7, 11) is 1.64. The fourth-order valence-electron chi connectivity index (χ4n) is 2.66. The number of hydrogen-bond donors (Lipinski definition) is 1. The van der Waals surface area contributed by atoms with Gasteiger partial charge < -0.3 is 14.7 Å². The first-order valence-electron chi connectivity index (χ1n) is 8.38. The van der Waals surface area contributed by atoms with Gasteiger partial charge in [-0.2, -0.15) is 0 Å². The summed E-state index contributed by atoms with van der Waals surface area (Å²) in [5.74, 6) is 0.873. The molecular weight excluding hydrogens is 338 g/mol. The zero-order chi connectivity index (χ0) is 18.1. The van der Waals surface area contributed by atoms with Crippen LogP contribution in [0.2, 0.25) is 5.02 Å².